The minimum absolute atomic E-state index is 0.412. The second-order valence-electron chi connectivity index (χ2n) is 9.64. The van der Waals surface area contributed by atoms with Crippen LogP contribution in [0.3, 0.4) is 0 Å². The lowest BCUT2D eigenvalue weighted by Gasteiger charge is -2.15. The van der Waals surface area contributed by atoms with Crippen LogP contribution in [0.5, 0.6) is 5.75 Å². The Balaban J connectivity index is 1.49. The van der Waals surface area contributed by atoms with Gasteiger partial charge in [-0.05, 0) is 72.4 Å². The molecule has 0 spiro atoms. The number of allylic oxidation sites excluding steroid dienone is 1. The molecule has 3 heterocycles. The predicted octanol–water partition coefficient (Wildman–Crippen LogP) is 5.81. The van der Waals surface area contributed by atoms with E-state index in [4.69, 9.17) is 14.2 Å². The van der Waals surface area contributed by atoms with Crippen LogP contribution in [0.15, 0.2) is 63.9 Å². The van der Waals surface area contributed by atoms with E-state index in [1.165, 1.54) is 22.2 Å². The van der Waals surface area contributed by atoms with Gasteiger partial charge in [0.25, 0.3) is 0 Å². The summed E-state index contributed by atoms with van der Waals surface area (Å²) in [4.78, 5) is 19.3. The summed E-state index contributed by atoms with van der Waals surface area (Å²) in [6.45, 7) is 9.51. The van der Waals surface area contributed by atoms with Gasteiger partial charge in [0.2, 0.25) is 0 Å². The van der Waals surface area contributed by atoms with Gasteiger partial charge in [0.1, 0.15) is 18.2 Å². The van der Waals surface area contributed by atoms with Gasteiger partial charge in [-0.1, -0.05) is 48.5 Å². The predicted molar refractivity (Wildman–Crippen MR) is 144 cm³/mol. The minimum atomic E-state index is -0.576. The molecule has 6 rings (SSSR count). The average Bonchev–Trinajstić information content (AvgIpc) is 3.43. The van der Waals surface area contributed by atoms with Crippen molar-refractivity contribution in [3.05, 3.63) is 110 Å². The fraction of sp³-hybridized carbons (Fsp3) is 0.233. The van der Waals surface area contributed by atoms with E-state index >= 15 is 0 Å². The number of benzene rings is 3. The number of rotatable bonds is 4. The number of aryl methyl sites for hydroxylation is 3. The maximum absolute atomic E-state index is 11.7. The summed E-state index contributed by atoms with van der Waals surface area (Å²) in [7, 11) is 0. The lowest BCUT2D eigenvalue weighted by atomic mass is 9.89. The van der Waals surface area contributed by atoms with E-state index in [0.29, 0.717) is 12.4 Å². The fourth-order valence-corrected chi connectivity index (χ4v) is 5.37. The molecule has 1 aliphatic rings. The van der Waals surface area contributed by atoms with Crippen molar-refractivity contribution in [1.29, 1.82) is 0 Å². The van der Waals surface area contributed by atoms with Crippen molar-refractivity contribution >= 4 is 22.2 Å². The maximum Gasteiger partial charge on any atom is 0.439 e. The molecule has 0 amide bonds. The van der Waals surface area contributed by atoms with E-state index in [1.807, 2.05) is 31.2 Å². The number of aromatic amines is 1. The third-order valence-corrected chi connectivity index (χ3v) is 7.07. The molecule has 0 fully saturated rings. The van der Waals surface area contributed by atoms with Gasteiger partial charge >= 0.3 is 5.76 Å². The molecule has 2 aromatic heterocycles. The normalized spacial score (nSPS) is 14.2. The number of hydrogen-bond donors (Lipinski definition) is 1. The van der Waals surface area contributed by atoms with Crippen molar-refractivity contribution in [3.63, 3.8) is 0 Å². The summed E-state index contributed by atoms with van der Waals surface area (Å²) in [5.41, 5.74) is 10.7. The number of imidazole rings is 1. The van der Waals surface area contributed by atoms with Crippen LogP contribution in [0.25, 0.3) is 22.2 Å². The highest BCUT2D eigenvalue weighted by Gasteiger charge is 2.23. The van der Waals surface area contributed by atoms with Gasteiger partial charge in [-0.15, -0.1) is 0 Å². The SMILES string of the molecule is CCc1nc2c(C)cc(C)cc2n1Cc1ccc2c(c1)COc1ccccc1/C2=C(\C)c1noc(=O)[nH]1. The smallest absolute Gasteiger partial charge is 0.439 e. The maximum atomic E-state index is 11.7. The van der Waals surface area contributed by atoms with Crippen LogP contribution < -0.4 is 10.5 Å². The van der Waals surface area contributed by atoms with Crippen LogP contribution in [0.2, 0.25) is 0 Å². The van der Waals surface area contributed by atoms with Crippen LogP contribution in [-0.4, -0.2) is 19.7 Å². The number of hydrogen-bond acceptors (Lipinski definition) is 5. The van der Waals surface area contributed by atoms with E-state index < -0.39 is 5.76 Å². The molecular formula is C30H28N4O3. The molecule has 7 nitrogen and oxygen atoms in total. The molecule has 37 heavy (non-hydrogen) atoms. The highest BCUT2D eigenvalue weighted by molar-refractivity contribution is 5.99. The number of para-hydroxylation sites is 1. The Morgan fingerprint density at radius 2 is 1.92 bits per heavy atom. The van der Waals surface area contributed by atoms with Gasteiger partial charge in [-0.25, -0.2) is 9.78 Å². The summed E-state index contributed by atoms with van der Waals surface area (Å²) in [5, 5.41) is 3.94. The summed E-state index contributed by atoms with van der Waals surface area (Å²) in [6.07, 6.45) is 0.860. The first-order valence-electron chi connectivity index (χ1n) is 12.5. The first kappa shape index (κ1) is 23.0. The average molecular weight is 493 g/mol. The molecule has 0 saturated carbocycles. The highest BCUT2D eigenvalue weighted by Crippen LogP contribution is 2.40. The number of nitrogens with one attached hydrogen (secondary N) is 1. The standard InChI is InChI=1S/C30H28N4O3/c1-5-26-31-28-18(3)12-17(2)13-24(28)34(26)15-20-10-11-22-21(14-20)16-36-25-9-7-6-8-23(25)27(22)19(4)29-32-30(35)37-33-29/h6-14H,5,15-16H2,1-4H3,(H,32,33,35)/b27-19+. The Kier molecular flexibility index (Phi) is 5.56. The van der Waals surface area contributed by atoms with Crippen molar-refractivity contribution < 1.29 is 9.26 Å². The third-order valence-electron chi connectivity index (χ3n) is 7.07. The molecule has 1 aliphatic heterocycles. The van der Waals surface area contributed by atoms with Crippen molar-refractivity contribution in [2.24, 2.45) is 0 Å². The van der Waals surface area contributed by atoms with E-state index in [0.717, 1.165) is 57.9 Å². The lowest BCUT2D eigenvalue weighted by molar-refractivity contribution is 0.307. The largest absolute Gasteiger partial charge is 0.488 e. The summed E-state index contributed by atoms with van der Waals surface area (Å²) in [6, 6.07) is 18.9. The molecule has 1 N–H and O–H groups in total. The molecule has 5 aromatic rings. The highest BCUT2D eigenvalue weighted by atomic mass is 16.5. The topological polar surface area (TPSA) is 85.9 Å². The first-order valence-corrected chi connectivity index (χ1v) is 12.5. The number of ether oxygens (including phenoxy) is 1. The van der Waals surface area contributed by atoms with Gasteiger partial charge < -0.3 is 9.30 Å². The first-order chi connectivity index (χ1) is 17.9. The van der Waals surface area contributed by atoms with Crippen molar-refractivity contribution in [2.45, 2.75) is 47.3 Å². The number of H-pyrrole nitrogens is 1. The van der Waals surface area contributed by atoms with Gasteiger partial charge in [0.15, 0.2) is 5.82 Å². The number of aromatic nitrogens is 4. The molecule has 3 aromatic carbocycles. The Morgan fingerprint density at radius 1 is 1.08 bits per heavy atom. The van der Waals surface area contributed by atoms with Crippen LogP contribution in [0, 0.1) is 13.8 Å². The number of fused-ring (bicyclic) bond motifs is 3. The molecule has 7 heteroatoms. The van der Waals surface area contributed by atoms with Gasteiger partial charge in [0, 0.05) is 24.1 Å². The Bertz CT molecular complexity index is 1750. The van der Waals surface area contributed by atoms with Crippen LogP contribution >= 0.6 is 0 Å². The molecule has 186 valence electrons. The Labute approximate surface area is 214 Å². The lowest BCUT2D eigenvalue weighted by Crippen LogP contribution is -2.06. The van der Waals surface area contributed by atoms with Gasteiger partial charge in [-0.2, -0.15) is 0 Å². The third kappa shape index (κ3) is 3.96. The zero-order valence-electron chi connectivity index (χ0n) is 21.4. The van der Waals surface area contributed by atoms with Gasteiger partial charge in [-0.3, -0.25) is 9.51 Å². The molecule has 0 unspecified atom stereocenters. The minimum Gasteiger partial charge on any atom is -0.488 e. The monoisotopic (exact) mass is 492 g/mol. The summed E-state index contributed by atoms with van der Waals surface area (Å²) >= 11 is 0. The van der Waals surface area contributed by atoms with E-state index in [-0.39, 0.29) is 0 Å². The molecule has 0 bridgehead atoms. The molecular weight excluding hydrogens is 464 g/mol. The van der Waals surface area contributed by atoms with Crippen LogP contribution in [0.1, 0.15) is 58.9 Å². The zero-order valence-corrected chi connectivity index (χ0v) is 21.4. The zero-order chi connectivity index (χ0) is 25.7. The van der Waals surface area contributed by atoms with E-state index in [2.05, 4.69) is 65.8 Å². The van der Waals surface area contributed by atoms with Gasteiger partial charge in [0.05, 0.1) is 11.0 Å². The van der Waals surface area contributed by atoms with Crippen molar-refractivity contribution in [3.8, 4) is 5.75 Å². The van der Waals surface area contributed by atoms with Crippen molar-refractivity contribution in [1.82, 2.24) is 19.7 Å². The molecule has 0 aliphatic carbocycles. The number of nitrogens with zero attached hydrogens (tertiary/aromatic N) is 3. The van der Waals surface area contributed by atoms with Crippen molar-refractivity contribution in [2.75, 3.05) is 0 Å². The van der Waals surface area contributed by atoms with E-state index in [1.54, 1.807) is 0 Å². The van der Waals surface area contributed by atoms with Crippen LogP contribution in [-0.2, 0) is 19.6 Å². The molecule has 0 radical (unpaired) electrons. The Morgan fingerprint density at radius 3 is 2.70 bits per heavy atom. The Hall–Kier alpha value is -4.39. The molecule has 0 atom stereocenters. The summed E-state index contributed by atoms with van der Waals surface area (Å²) < 4.78 is 13.4. The summed E-state index contributed by atoms with van der Waals surface area (Å²) in [5.74, 6) is 1.71. The van der Waals surface area contributed by atoms with Crippen LogP contribution in [0.4, 0.5) is 0 Å². The second kappa shape index (κ2) is 8.92. The second-order valence-corrected chi connectivity index (χ2v) is 9.64. The fourth-order valence-electron chi connectivity index (χ4n) is 5.37. The van der Waals surface area contributed by atoms with E-state index in [9.17, 15) is 4.79 Å². The molecule has 0 saturated heterocycles. The quantitative estimate of drug-likeness (QED) is 0.342.